The summed E-state index contributed by atoms with van der Waals surface area (Å²) in [6.45, 7) is -0.302. The molecule has 0 aliphatic heterocycles. The summed E-state index contributed by atoms with van der Waals surface area (Å²) in [5, 5.41) is 57.9. The van der Waals surface area contributed by atoms with Crippen LogP contribution >= 0.6 is 63.7 Å². The third-order valence-corrected chi connectivity index (χ3v) is 12.6. The molecule has 6 aromatic rings. The highest BCUT2D eigenvalue weighted by Crippen LogP contribution is 2.41. The first-order chi connectivity index (χ1) is 32.2. The highest BCUT2D eigenvalue weighted by molar-refractivity contribution is 9.11. The molecule has 0 unspecified atom stereocenters. The Morgan fingerprint density at radius 2 is 0.881 bits per heavy atom. The van der Waals surface area contributed by atoms with E-state index in [4.69, 9.17) is 4.74 Å². The number of aromatic hydroxyl groups is 4. The lowest BCUT2D eigenvalue weighted by Crippen LogP contribution is -2.43. The van der Waals surface area contributed by atoms with Crippen LogP contribution in [0.5, 0.6) is 23.0 Å². The van der Waals surface area contributed by atoms with Crippen LogP contribution in [0.25, 0.3) is 21.5 Å². The van der Waals surface area contributed by atoms with Crippen LogP contribution in [0.4, 0.5) is 11.4 Å². The first-order valence-electron chi connectivity index (χ1n) is 20.2. The molecule has 0 heterocycles. The number of carbonyl (C=O) groups excluding carboxylic acids is 4. The van der Waals surface area contributed by atoms with E-state index in [1.807, 2.05) is 84.9 Å². The van der Waals surface area contributed by atoms with Gasteiger partial charge in [-0.2, -0.15) is 10.2 Å². The lowest BCUT2D eigenvalue weighted by atomic mass is 10.1. The molecule has 0 radical (unpaired) electrons. The van der Waals surface area contributed by atoms with Crippen LogP contribution in [-0.2, 0) is 23.9 Å². The maximum atomic E-state index is 13.2. The Hall–Kier alpha value is -6.26. The van der Waals surface area contributed by atoms with E-state index < -0.39 is 11.8 Å². The molecule has 0 aliphatic carbocycles. The van der Waals surface area contributed by atoms with Crippen LogP contribution in [0, 0.1) is 0 Å². The lowest BCUT2D eigenvalue weighted by molar-refractivity contribution is -0.122. The van der Waals surface area contributed by atoms with Gasteiger partial charge in [-0.3, -0.25) is 19.2 Å². The number of phenolic OH excluding ortho intramolecular Hbond substituents is 4. The zero-order chi connectivity index (χ0) is 48.0. The molecule has 21 heteroatoms. The number of ether oxygens (including phenoxy) is 1. The molecule has 4 amide bonds. The van der Waals surface area contributed by atoms with E-state index in [1.165, 1.54) is 24.6 Å². The van der Waals surface area contributed by atoms with Crippen LogP contribution in [0.3, 0.4) is 0 Å². The molecule has 6 aromatic carbocycles. The topological polar surface area (TPSA) is 238 Å². The maximum Gasteiger partial charge on any atom is 0.259 e. The second-order valence-corrected chi connectivity index (χ2v) is 17.9. The standard InChI is InChI=1S/C46H42Br4N8O9/c47-35-19-31(43(63)41(49)45(35)65)21-53-55-39(61)25-57(33-11-9-27-5-1-3-7-29(27)17-33)23-37(59)51-13-15-67-16-14-52-38(60)24-58(34-12-10-28-6-2-4-8-30(28)18-34)26-40(62)56-54-22-32-20-36(48)46(66)42(50)44(32)64/h1-12,17-22,63-66H,13-16,23-26H2,(H,51,59)(H,52,60)(H,55,61)(H,56,62)/b53-21+,54-22+. The summed E-state index contributed by atoms with van der Waals surface area (Å²) in [6, 6.07) is 29.4. The fourth-order valence-electron chi connectivity index (χ4n) is 6.51. The fourth-order valence-corrected chi connectivity index (χ4v) is 8.81. The first-order valence-corrected chi connectivity index (χ1v) is 23.4. The van der Waals surface area contributed by atoms with Crippen molar-refractivity contribution in [2.75, 3.05) is 62.3 Å². The third-order valence-electron chi connectivity index (χ3n) is 9.85. The smallest absolute Gasteiger partial charge is 0.259 e. The Balaban J connectivity index is 0.981. The van der Waals surface area contributed by atoms with Crippen molar-refractivity contribution in [3.8, 4) is 23.0 Å². The van der Waals surface area contributed by atoms with Crippen LogP contribution in [0.2, 0.25) is 0 Å². The number of nitrogens with zero attached hydrogens (tertiary/aromatic N) is 4. The normalized spacial score (nSPS) is 11.3. The molecule has 8 N–H and O–H groups in total. The number of rotatable bonds is 20. The largest absolute Gasteiger partial charge is 0.506 e. The molecule has 0 bridgehead atoms. The number of fused-ring (bicyclic) bond motifs is 2. The summed E-state index contributed by atoms with van der Waals surface area (Å²) < 4.78 is 6.38. The molecule has 0 atom stereocenters. The quantitative estimate of drug-likeness (QED) is 0.0227. The Morgan fingerprint density at radius 1 is 0.507 bits per heavy atom. The molecular formula is C46H42Br4N8O9. The van der Waals surface area contributed by atoms with Crippen molar-refractivity contribution in [1.29, 1.82) is 0 Å². The first kappa shape index (κ1) is 50.2. The third kappa shape index (κ3) is 13.9. The number of amides is 4. The van der Waals surface area contributed by atoms with Gasteiger partial charge in [0.05, 0.1) is 60.8 Å². The molecule has 0 spiro atoms. The monoisotopic (exact) mass is 1170 g/mol. The second-order valence-electron chi connectivity index (χ2n) is 14.6. The predicted octanol–water partition coefficient (Wildman–Crippen LogP) is 6.73. The van der Waals surface area contributed by atoms with E-state index >= 15 is 0 Å². The zero-order valence-electron chi connectivity index (χ0n) is 35.2. The van der Waals surface area contributed by atoms with E-state index in [1.54, 1.807) is 9.80 Å². The van der Waals surface area contributed by atoms with Crippen LogP contribution in [0.15, 0.2) is 125 Å². The van der Waals surface area contributed by atoms with Gasteiger partial charge in [-0.1, -0.05) is 60.7 Å². The summed E-state index contributed by atoms with van der Waals surface area (Å²) in [5.41, 5.74) is 6.50. The number of benzene rings is 6. The average molecular weight is 1170 g/mol. The van der Waals surface area contributed by atoms with Gasteiger partial charge in [0.1, 0.15) is 31.9 Å². The molecule has 0 aromatic heterocycles. The van der Waals surface area contributed by atoms with E-state index in [-0.39, 0.29) is 107 Å². The Bertz CT molecular complexity index is 2680. The van der Waals surface area contributed by atoms with E-state index in [2.05, 4.69) is 95.4 Å². The number of halogens is 4. The molecule has 67 heavy (non-hydrogen) atoms. The summed E-state index contributed by atoms with van der Waals surface area (Å²) in [5.74, 6) is -2.78. The van der Waals surface area contributed by atoms with Gasteiger partial charge >= 0.3 is 0 Å². The molecule has 0 aliphatic rings. The predicted molar refractivity (Wildman–Crippen MR) is 271 cm³/mol. The minimum atomic E-state index is -0.539. The van der Waals surface area contributed by atoms with Crippen molar-refractivity contribution in [3.05, 3.63) is 126 Å². The Kier molecular flexibility index (Phi) is 17.9. The maximum absolute atomic E-state index is 13.2. The highest BCUT2D eigenvalue weighted by atomic mass is 79.9. The molecule has 6 rings (SSSR count). The number of nitrogens with one attached hydrogen (secondary N) is 4. The van der Waals surface area contributed by atoms with Crippen molar-refractivity contribution in [3.63, 3.8) is 0 Å². The van der Waals surface area contributed by atoms with Gasteiger partial charge in [0, 0.05) is 35.6 Å². The van der Waals surface area contributed by atoms with Crippen LogP contribution < -0.4 is 31.3 Å². The van der Waals surface area contributed by atoms with Gasteiger partial charge in [0.25, 0.3) is 11.8 Å². The van der Waals surface area contributed by atoms with Crippen molar-refractivity contribution >= 4 is 133 Å². The number of anilines is 2. The molecular weight excluding hydrogens is 1130 g/mol. The molecule has 0 saturated carbocycles. The van der Waals surface area contributed by atoms with Crippen LogP contribution in [0.1, 0.15) is 11.1 Å². The second kappa shape index (κ2) is 24.0. The van der Waals surface area contributed by atoms with Gasteiger partial charge in [-0.05, 0) is 122 Å². The van der Waals surface area contributed by atoms with Crippen molar-refractivity contribution in [1.82, 2.24) is 21.5 Å². The van der Waals surface area contributed by atoms with Crippen molar-refractivity contribution < 1.29 is 44.3 Å². The zero-order valence-corrected chi connectivity index (χ0v) is 41.5. The molecule has 0 saturated heterocycles. The van der Waals surface area contributed by atoms with E-state index in [0.29, 0.717) is 20.3 Å². The number of hydrogen-bond donors (Lipinski definition) is 8. The lowest BCUT2D eigenvalue weighted by Gasteiger charge is -2.24. The van der Waals surface area contributed by atoms with Gasteiger partial charge in [-0.15, -0.1) is 0 Å². The molecule has 17 nitrogen and oxygen atoms in total. The minimum absolute atomic E-state index is 0.0557. The Labute approximate surface area is 417 Å². The molecule has 0 fully saturated rings. The minimum Gasteiger partial charge on any atom is -0.506 e. The van der Waals surface area contributed by atoms with Crippen LogP contribution in [-0.4, -0.2) is 109 Å². The van der Waals surface area contributed by atoms with Crippen molar-refractivity contribution in [2.45, 2.75) is 0 Å². The fraction of sp³-hybridized carbons (Fsp3) is 0.174. The summed E-state index contributed by atoms with van der Waals surface area (Å²) in [6.07, 6.45) is 2.44. The summed E-state index contributed by atoms with van der Waals surface area (Å²) >= 11 is 12.6. The average Bonchev–Trinajstić information content (AvgIpc) is 3.32. The number of phenols is 4. The van der Waals surface area contributed by atoms with Gasteiger partial charge in [0.15, 0.2) is 0 Å². The van der Waals surface area contributed by atoms with E-state index in [0.717, 1.165) is 21.5 Å². The summed E-state index contributed by atoms with van der Waals surface area (Å²) in [7, 11) is 0. The van der Waals surface area contributed by atoms with Crippen molar-refractivity contribution in [2.24, 2.45) is 10.2 Å². The van der Waals surface area contributed by atoms with Gasteiger partial charge < -0.3 is 45.6 Å². The number of hydrazone groups is 2. The SMILES string of the molecule is O=C(CN(CC(=O)N/N=C/c1cc(Br)c(O)c(Br)c1O)c1ccc2ccccc2c1)NCCOCCNC(=O)CN(CC(=O)N/N=C/c1cc(Br)c(O)c(Br)c1O)c1ccc2ccccc2c1. The van der Waals surface area contributed by atoms with Gasteiger partial charge in [0.2, 0.25) is 11.8 Å². The van der Waals surface area contributed by atoms with E-state index in [9.17, 15) is 39.6 Å². The number of carbonyl (C=O) groups is 4. The van der Waals surface area contributed by atoms with Gasteiger partial charge in [-0.25, -0.2) is 10.9 Å². The molecule has 348 valence electrons. The highest BCUT2D eigenvalue weighted by Gasteiger charge is 2.19. The summed E-state index contributed by atoms with van der Waals surface area (Å²) in [4.78, 5) is 55.7. The number of hydrogen-bond acceptors (Lipinski definition) is 13. The Morgan fingerprint density at radius 3 is 1.28 bits per heavy atom.